The first kappa shape index (κ1) is 37.1. The van der Waals surface area contributed by atoms with E-state index in [9.17, 15) is 0 Å². The molecule has 8 aromatic rings. The van der Waals surface area contributed by atoms with Crippen LogP contribution in [0.3, 0.4) is 0 Å². The third-order valence-electron chi connectivity index (χ3n) is 11.8. The maximum Gasteiger partial charge on any atom is 0.221 e. The molecule has 1 unspecified atom stereocenters. The highest BCUT2D eigenvalue weighted by atomic mass is 15.1. The van der Waals surface area contributed by atoms with Gasteiger partial charge in [-0.25, -0.2) is 0 Å². The minimum Gasteiger partial charge on any atom is -0.340 e. The van der Waals surface area contributed by atoms with E-state index in [1.54, 1.807) is 0 Å². The molecule has 0 amide bonds. The monoisotopic (exact) mass is 735 g/mol. The van der Waals surface area contributed by atoms with Gasteiger partial charge in [0.2, 0.25) is 29.7 Å². The van der Waals surface area contributed by atoms with Crippen LogP contribution in [-0.4, -0.2) is 4.57 Å². The van der Waals surface area contributed by atoms with Crippen LogP contribution in [0.25, 0.3) is 55.6 Å². The first-order valence-electron chi connectivity index (χ1n) is 20.2. The Kier molecular flexibility index (Phi) is 10.2. The molecule has 4 aromatic heterocycles. The molecule has 1 atom stereocenters. The standard InChI is InChI=1S/C52H55N4/c1-35(2)32-55-48-24-14-13-23-45(48)46-29-28-38(5)51(52(46)55)50-30-27-36(3)33-54(50)34-42(56-40(7)19-16-26-49(56)43-21-11-9-17-37(43)4)31-41-20-10-12-22-44(41)47-25-15-18-39(6)53(47)8/h9-30,33,35,42H,31-32,34H2,1-8H3/q+3. The Bertz CT molecular complexity index is 2730. The molecule has 4 heterocycles. The number of aryl methyl sites for hydroxylation is 5. The first-order chi connectivity index (χ1) is 27.1. The normalized spacial score (nSPS) is 12.2. The maximum atomic E-state index is 2.62. The summed E-state index contributed by atoms with van der Waals surface area (Å²) in [5.74, 6) is 0.504. The van der Waals surface area contributed by atoms with E-state index in [1.807, 2.05) is 0 Å². The molecule has 0 N–H and O–H groups in total. The van der Waals surface area contributed by atoms with Crippen molar-refractivity contribution in [3.63, 3.8) is 0 Å². The second-order valence-corrected chi connectivity index (χ2v) is 16.3. The van der Waals surface area contributed by atoms with Crippen LogP contribution in [0.5, 0.6) is 0 Å². The van der Waals surface area contributed by atoms with Crippen molar-refractivity contribution in [2.75, 3.05) is 0 Å². The summed E-state index contributed by atoms with van der Waals surface area (Å²) in [7, 11) is 2.18. The number of pyridine rings is 3. The van der Waals surface area contributed by atoms with Crippen molar-refractivity contribution in [1.29, 1.82) is 0 Å². The largest absolute Gasteiger partial charge is 0.340 e. The fraction of sp³-hybridized carbons (Fsp3) is 0.250. The lowest BCUT2D eigenvalue weighted by Gasteiger charge is -2.19. The fourth-order valence-corrected chi connectivity index (χ4v) is 8.99. The third kappa shape index (κ3) is 6.83. The predicted molar refractivity (Wildman–Crippen MR) is 231 cm³/mol. The number of rotatable bonds is 10. The van der Waals surface area contributed by atoms with Gasteiger partial charge in [-0.15, -0.1) is 0 Å². The van der Waals surface area contributed by atoms with Gasteiger partial charge in [-0.3, -0.25) is 0 Å². The molecule has 0 aliphatic rings. The van der Waals surface area contributed by atoms with E-state index in [4.69, 9.17) is 0 Å². The van der Waals surface area contributed by atoms with Crippen LogP contribution < -0.4 is 13.7 Å². The Hall–Kier alpha value is -5.87. The Labute approximate surface area is 333 Å². The third-order valence-corrected chi connectivity index (χ3v) is 11.8. The molecule has 8 rings (SSSR count). The summed E-state index contributed by atoms with van der Waals surface area (Å²) in [4.78, 5) is 0. The molecule has 4 nitrogen and oxygen atoms in total. The van der Waals surface area contributed by atoms with Gasteiger partial charge in [0, 0.05) is 90.1 Å². The number of hydrogen-bond donors (Lipinski definition) is 0. The van der Waals surface area contributed by atoms with Gasteiger partial charge in [-0.2, -0.15) is 13.7 Å². The number of aromatic nitrogens is 4. The molecule has 0 fully saturated rings. The van der Waals surface area contributed by atoms with Crippen LogP contribution in [0.1, 0.15) is 53.5 Å². The summed E-state index contributed by atoms with van der Waals surface area (Å²) in [6, 6.07) is 49.7. The highest BCUT2D eigenvalue weighted by Gasteiger charge is 2.34. The van der Waals surface area contributed by atoms with Gasteiger partial charge in [-0.1, -0.05) is 80.6 Å². The topological polar surface area (TPSA) is 16.6 Å². The summed E-state index contributed by atoms with van der Waals surface area (Å²) >= 11 is 0. The quantitative estimate of drug-likeness (QED) is 0.124. The maximum absolute atomic E-state index is 2.62. The van der Waals surface area contributed by atoms with Crippen molar-refractivity contribution in [1.82, 2.24) is 4.57 Å². The van der Waals surface area contributed by atoms with Crippen LogP contribution in [0, 0.1) is 40.5 Å². The van der Waals surface area contributed by atoms with Crippen molar-refractivity contribution >= 4 is 21.8 Å². The summed E-state index contributed by atoms with van der Waals surface area (Å²) < 4.78 is 10.1. The molecule has 0 bridgehead atoms. The second-order valence-electron chi connectivity index (χ2n) is 16.3. The van der Waals surface area contributed by atoms with Crippen molar-refractivity contribution in [2.24, 2.45) is 13.0 Å². The fourth-order valence-electron chi connectivity index (χ4n) is 8.99. The van der Waals surface area contributed by atoms with Crippen molar-refractivity contribution in [3.05, 3.63) is 173 Å². The number of fused-ring (bicyclic) bond motifs is 3. The zero-order chi connectivity index (χ0) is 39.1. The molecule has 0 radical (unpaired) electrons. The Morgan fingerprint density at radius 2 is 1.27 bits per heavy atom. The molecule has 0 spiro atoms. The van der Waals surface area contributed by atoms with Crippen molar-refractivity contribution in [3.8, 4) is 33.8 Å². The minimum atomic E-state index is 0.0913. The van der Waals surface area contributed by atoms with E-state index in [2.05, 4.69) is 213 Å². The molecule has 4 heteroatoms. The summed E-state index contributed by atoms with van der Waals surface area (Å²) in [5.41, 5.74) is 17.9. The Balaban J connectivity index is 1.37. The van der Waals surface area contributed by atoms with Crippen molar-refractivity contribution in [2.45, 2.75) is 74.0 Å². The molecule has 56 heavy (non-hydrogen) atoms. The molecular formula is C52H55N4+3. The number of hydrogen-bond acceptors (Lipinski definition) is 0. The minimum absolute atomic E-state index is 0.0913. The van der Waals surface area contributed by atoms with E-state index in [-0.39, 0.29) is 6.04 Å². The SMILES string of the molecule is Cc1ccc(-c2c(C)ccc3c4ccccc4n(CC(C)C)c23)[n+](CC(Cc2ccccc2-c2cccc(C)[n+]2C)[n+]2c(C)cccc2-c2ccccc2C)c1. The molecule has 4 aromatic carbocycles. The number of benzene rings is 4. The summed E-state index contributed by atoms with van der Waals surface area (Å²) in [5, 5.41) is 2.64. The number of para-hydroxylation sites is 1. The van der Waals surface area contributed by atoms with Gasteiger partial charge in [0.15, 0.2) is 17.6 Å². The van der Waals surface area contributed by atoms with Gasteiger partial charge >= 0.3 is 0 Å². The molecule has 0 saturated carbocycles. The Morgan fingerprint density at radius 1 is 0.571 bits per heavy atom. The average molecular weight is 736 g/mol. The van der Waals surface area contributed by atoms with E-state index in [1.165, 1.54) is 89.2 Å². The Morgan fingerprint density at radius 3 is 2.05 bits per heavy atom. The summed E-state index contributed by atoms with van der Waals surface area (Å²) in [6.07, 6.45) is 3.24. The molecule has 0 aliphatic heterocycles. The lowest BCUT2D eigenvalue weighted by Crippen LogP contribution is -2.53. The smallest absolute Gasteiger partial charge is 0.221 e. The molecular weight excluding hydrogens is 681 g/mol. The molecule has 0 aliphatic carbocycles. The van der Waals surface area contributed by atoms with Gasteiger partial charge < -0.3 is 4.57 Å². The highest BCUT2D eigenvalue weighted by Crippen LogP contribution is 2.38. The summed E-state index contributed by atoms with van der Waals surface area (Å²) in [6.45, 7) is 17.6. The lowest BCUT2D eigenvalue weighted by molar-refractivity contribution is -0.791. The highest BCUT2D eigenvalue weighted by molar-refractivity contribution is 6.12. The van der Waals surface area contributed by atoms with Crippen molar-refractivity contribution < 1.29 is 13.7 Å². The van der Waals surface area contributed by atoms with Gasteiger partial charge in [0.1, 0.15) is 7.05 Å². The van der Waals surface area contributed by atoms with Crippen LogP contribution in [0.4, 0.5) is 0 Å². The van der Waals surface area contributed by atoms with Gasteiger partial charge in [-0.05, 0) is 79.8 Å². The van der Waals surface area contributed by atoms with E-state index < -0.39 is 0 Å². The zero-order valence-electron chi connectivity index (χ0n) is 34.3. The second kappa shape index (κ2) is 15.3. The number of nitrogens with zero attached hydrogens (tertiary/aromatic N) is 4. The van der Waals surface area contributed by atoms with Gasteiger partial charge in [0.25, 0.3) is 0 Å². The van der Waals surface area contributed by atoms with Crippen LogP contribution in [0.15, 0.2) is 140 Å². The van der Waals surface area contributed by atoms with E-state index in [0.29, 0.717) is 5.92 Å². The van der Waals surface area contributed by atoms with Gasteiger partial charge in [0.05, 0.1) is 11.1 Å². The van der Waals surface area contributed by atoms with Crippen LogP contribution in [0.2, 0.25) is 0 Å². The molecule has 280 valence electrons. The predicted octanol–water partition coefficient (Wildman–Crippen LogP) is 10.9. The van der Waals surface area contributed by atoms with E-state index in [0.717, 1.165) is 19.5 Å². The zero-order valence-corrected chi connectivity index (χ0v) is 34.3. The van der Waals surface area contributed by atoms with Crippen LogP contribution >= 0.6 is 0 Å². The van der Waals surface area contributed by atoms with Crippen LogP contribution in [-0.2, 0) is 26.6 Å². The first-order valence-corrected chi connectivity index (χ1v) is 20.2. The average Bonchev–Trinajstić information content (AvgIpc) is 3.49. The lowest BCUT2D eigenvalue weighted by atomic mass is 9.95. The van der Waals surface area contributed by atoms with E-state index >= 15 is 0 Å². The molecule has 0 saturated heterocycles.